The summed E-state index contributed by atoms with van der Waals surface area (Å²) in [6.07, 6.45) is 13.3. The lowest BCUT2D eigenvalue weighted by atomic mass is 9.99. The van der Waals surface area contributed by atoms with Crippen molar-refractivity contribution in [1.82, 2.24) is 34.7 Å². The fourth-order valence-electron chi connectivity index (χ4n) is 5.27. The number of fused-ring (bicyclic) bond motifs is 1. The Morgan fingerprint density at radius 1 is 1.06 bits per heavy atom. The summed E-state index contributed by atoms with van der Waals surface area (Å²) in [4.78, 5) is 11.9. The number of nitrogens with one attached hydrogen (secondary N) is 2. The number of nitrogens with zero attached hydrogens (tertiary/aromatic N) is 5. The number of rotatable bonds is 4. The Hall–Kier alpha value is -2.35. The molecule has 2 aromatic heterocycles. The molecule has 3 aliphatic rings. The zero-order valence-corrected chi connectivity index (χ0v) is 19.0. The monoisotopic (exact) mass is 421 g/mol. The standard InChI is InChI=1S/C24H35N7/c1-18-16-19(17-31-15-10-26-23(18)31)21-4-5-22(27-24(21)28(2)3)30-11-6-20(7-12-30)29-13-8-25-9-14-29/h4-5,10,15-17,20,24-25,27H,6-9,11-14H2,1-3H3. The highest BCUT2D eigenvalue weighted by Crippen LogP contribution is 2.28. The van der Waals surface area contributed by atoms with Gasteiger partial charge in [0.2, 0.25) is 0 Å². The number of likely N-dealkylation sites (N-methyl/N-ethyl adjacent to an activating group) is 1. The third-order valence-electron chi connectivity index (χ3n) is 6.99. The van der Waals surface area contributed by atoms with Gasteiger partial charge in [-0.15, -0.1) is 0 Å². The van der Waals surface area contributed by atoms with Gasteiger partial charge in [0.15, 0.2) is 0 Å². The summed E-state index contributed by atoms with van der Waals surface area (Å²) < 4.78 is 2.12. The average Bonchev–Trinajstić information content (AvgIpc) is 3.29. The van der Waals surface area contributed by atoms with Crippen LogP contribution in [0.4, 0.5) is 0 Å². The Bertz CT molecular complexity index is 975. The summed E-state index contributed by atoms with van der Waals surface area (Å²) in [5, 5.41) is 7.29. The molecule has 3 aliphatic heterocycles. The summed E-state index contributed by atoms with van der Waals surface area (Å²) in [5.41, 5.74) is 4.76. The van der Waals surface area contributed by atoms with Crippen molar-refractivity contribution in [2.24, 2.45) is 0 Å². The van der Waals surface area contributed by atoms with Gasteiger partial charge < -0.3 is 19.9 Å². The van der Waals surface area contributed by atoms with E-state index in [1.54, 1.807) is 0 Å². The largest absolute Gasteiger partial charge is 0.358 e. The van der Waals surface area contributed by atoms with Gasteiger partial charge in [-0.2, -0.15) is 0 Å². The van der Waals surface area contributed by atoms with Gasteiger partial charge in [0, 0.05) is 63.9 Å². The van der Waals surface area contributed by atoms with Crippen LogP contribution in [0.25, 0.3) is 11.2 Å². The van der Waals surface area contributed by atoms with Crippen LogP contribution in [0.15, 0.2) is 42.6 Å². The molecular formula is C24H35N7. The van der Waals surface area contributed by atoms with Crippen molar-refractivity contribution in [3.8, 4) is 0 Å². The quantitative estimate of drug-likeness (QED) is 0.784. The van der Waals surface area contributed by atoms with Crippen molar-refractivity contribution in [3.05, 3.63) is 53.8 Å². The molecule has 2 fully saturated rings. The van der Waals surface area contributed by atoms with E-state index in [4.69, 9.17) is 0 Å². The summed E-state index contributed by atoms with van der Waals surface area (Å²) >= 11 is 0. The average molecular weight is 422 g/mol. The molecule has 1 atom stereocenters. The topological polar surface area (TPSA) is 51.1 Å². The molecule has 2 saturated heterocycles. The van der Waals surface area contributed by atoms with Gasteiger partial charge in [-0.05, 0) is 62.7 Å². The minimum atomic E-state index is 0.145. The highest BCUT2D eigenvalue weighted by Gasteiger charge is 2.29. The number of dihydropyridines is 1. The summed E-state index contributed by atoms with van der Waals surface area (Å²) in [6.45, 7) is 9.04. The SMILES string of the molecule is Cc1cc(C2=CC=C(N3CCC(N4CCNCC4)CC3)NC2N(C)C)cn2ccnc12. The second-order valence-electron chi connectivity index (χ2n) is 9.26. The molecule has 0 saturated carbocycles. The van der Waals surface area contributed by atoms with Gasteiger partial charge in [-0.3, -0.25) is 9.80 Å². The third kappa shape index (κ3) is 4.10. The van der Waals surface area contributed by atoms with E-state index < -0.39 is 0 Å². The normalized spacial score (nSPS) is 23.7. The first-order chi connectivity index (χ1) is 15.1. The number of hydrogen-bond donors (Lipinski definition) is 2. The van der Waals surface area contributed by atoms with Crippen molar-refractivity contribution < 1.29 is 0 Å². The molecule has 0 aromatic carbocycles. The smallest absolute Gasteiger partial charge is 0.139 e. The maximum Gasteiger partial charge on any atom is 0.139 e. The number of allylic oxidation sites excluding steroid dienone is 2. The Kier molecular flexibility index (Phi) is 5.73. The number of hydrogen-bond acceptors (Lipinski definition) is 6. The number of pyridine rings is 1. The van der Waals surface area contributed by atoms with Crippen molar-refractivity contribution >= 4 is 11.2 Å². The van der Waals surface area contributed by atoms with E-state index in [1.165, 1.54) is 48.5 Å². The maximum atomic E-state index is 4.46. The number of aromatic nitrogens is 2. The maximum absolute atomic E-state index is 4.46. The first-order valence-electron chi connectivity index (χ1n) is 11.6. The molecule has 5 heterocycles. The predicted octanol–water partition coefficient (Wildman–Crippen LogP) is 1.73. The number of piperazine rings is 1. The summed E-state index contributed by atoms with van der Waals surface area (Å²) in [5.74, 6) is 1.25. The highest BCUT2D eigenvalue weighted by atomic mass is 15.3. The lowest BCUT2D eigenvalue weighted by Crippen LogP contribution is -2.53. The summed E-state index contributed by atoms with van der Waals surface area (Å²) in [7, 11) is 4.29. The molecule has 7 nitrogen and oxygen atoms in total. The van der Waals surface area contributed by atoms with Gasteiger partial charge in [0.1, 0.15) is 17.6 Å². The Labute approximate surface area is 185 Å². The van der Waals surface area contributed by atoms with Gasteiger partial charge >= 0.3 is 0 Å². The van der Waals surface area contributed by atoms with Crippen LogP contribution in [0, 0.1) is 6.92 Å². The molecule has 1 unspecified atom stereocenters. The van der Waals surface area contributed by atoms with Crippen LogP contribution in [0.1, 0.15) is 24.0 Å². The van der Waals surface area contributed by atoms with E-state index in [-0.39, 0.29) is 6.17 Å². The molecule has 0 radical (unpaired) electrons. The van der Waals surface area contributed by atoms with E-state index >= 15 is 0 Å². The van der Waals surface area contributed by atoms with Crippen LogP contribution >= 0.6 is 0 Å². The van der Waals surface area contributed by atoms with Crippen molar-refractivity contribution in [2.75, 3.05) is 53.4 Å². The van der Waals surface area contributed by atoms with Crippen LogP contribution in [0.3, 0.4) is 0 Å². The van der Waals surface area contributed by atoms with Crippen molar-refractivity contribution in [2.45, 2.75) is 32.0 Å². The van der Waals surface area contributed by atoms with Gasteiger partial charge in [-0.1, -0.05) is 6.08 Å². The fourth-order valence-corrected chi connectivity index (χ4v) is 5.27. The van der Waals surface area contributed by atoms with E-state index in [9.17, 15) is 0 Å². The molecule has 5 rings (SSSR count). The van der Waals surface area contributed by atoms with Gasteiger partial charge in [0.05, 0.1) is 0 Å². The van der Waals surface area contributed by atoms with Crippen molar-refractivity contribution in [1.29, 1.82) is 0 Å². The number of aryl methyl sites for hydroxylation is 1. The molecule has 31 heavy (non-hydrogen) atoms. The number of imidazole rings is 1. The van der Waals surface area contributed by atoms with E-state index in [0.29, 0.717) is 0 Å². The minimum absolute atomic E-state index is 0.145. The third-order valence-corrected chi connectivity index (χ3v) is 6.99. The zero-order chi connectivity index (χ0) is 21.4. The van der Waals surface area contributed by atoms with Crippen LogP contribution in [0.5, 0.6) is 0 Å². The molecule has 0 bridgehead atoms. The highest BCUT2D eigenvalue weighted by molar-refractivity contribution is 5.73. The summed E-state index contributed by atoms with van der Waals surface area (Å²) in [6, 6.07) is 2.99. The molecule has 7 heteroatoms. The minimum Gasteiger partial charge on any atom is -0.358 e. The van der Waals surface area contributed by atoms with E-state index in [0.717, 1.165) is 37.9 Å². The Morgan fingerprint density at radius 2 is 1.84 bits per heavy atom. The molecule has 0 amide bonds. The number of likely N-dealkylation sites (tertiary alicyclic amines) is 1. The number of piperidine rings is 1. The molecular weight excluding hydrogens is 386 g/mol. The molecule has 166 valence electrons. The molecule has 2 N–H and O–H groups in total. The second-order valence-corrected chi connectivity index (χ2v) is 9.26. The van der Waals surface area contributed by atoms with E-state index in [2.05, 4.69) is 80.2 Å². The lowest BCUT2D eigenvalue weighted by molar-refractivity contribution is 0.106. The van der Waals surface area contributed by atoms with E-state index in [1.807, 2.05) is 12.4 Å². The van der Waals surface area contributed by atoms with Crippen LogP contribution in [0.2, 0.25) is 0 Å². The Morgan fingerprint density at radius 3 is 2.58 bits per heavy atom. The predicted molar refractivity (Wildman–Crippen MR) is 126 cm³/mol. The Balaban J connectivity index is 1.34. The van der Waals surface area contributed by atoms with Gasteiger partial charge in [0.25, 0.3) is 0 Å². The first kappa shape index (κ1) is 20.5. The molecule has 0 spiro atoms. The van der Waals surface area contributed by atoms with Crippen LogP contribution in [-0.4, -0.2) is 89.7 Å². The first-order valence-corrected chi connectivity index (χ1v) is 11.6. The molecule has 0 aliphatic carbocycles. The lowest BCUT2D eigenvalue weighted by Gasteiger charge is -2.43. The molecule has 2 aromatic rings. The second kappa shape index (κ2) is 8.65. The zero-order valence-electron chi connectivity index (χ0n) is 19.0. The van der Waals surface area contributed by atoms with Gasteiger partial charge in [-0.25, -0.2) is 4.98 Å². The van der Waals surface area contributed by atoms with Crippen molar-refractivity contribution in [3.63, 3.8) is 0 Å². The van der Waals surface area contributed by atoms with Crippen LogP contribution in [-0.2, 0) is 0 Å². The fraction of sp³-hybridized carbons (Fsp3) is 0.542. The van der Waals surface area contributed by atoms with Crippen LogP contribution < -0.4 is 10.6 Å².